The van der Waals surface area contributed by atoms with Gasteiger partial charge in [-0.05, 0) is 28.7 Å². The van der Waals surface area contributed by atoms with Crippen LogP contribution in [0.2, 0.25) is 0 Å². The summed E-state index contributed by atoms with van der Waals surface area (Å²) in [5.74, 6) is -1.39. The minimum atomic E-state index is -0.968. The van der Waals surface area contributed by atoms with Crippen molar-refractivity contribution in [3.05, 3.63) is 59.7 Å². The van der Waals surface area contributed by atoms with Gasteiger partial charge in [-0.1, -0.05) is 61.9 Å². The second kappa shape index (κ2) is 12.2. The highest BCUT2D eigenvalue weighted by Gasteiger charge is 2.29. The third-order valence-corrected chi connectivity index (χ3v) is 6.00. The maximum atomic E-state index is 12.5. The number of amides is 2. The second-order valence-electron chi connectivity index (χ2n) is 8.36. The standard InChI is InChI=1S/C26H32N2O6/c1-3-8-17(15-24(29)30)28-25(31)23(33-2)13-14-27-26(32)34-16-22-20-11-6-4-9-18(20)19-10-5-7-12-21(19)22/h4-7,9-12,17,22-23H,3,8,13-16H2,1-2H3,(H,27,32)(H,28,31)(H,29,30)/t17-,23?/m1/s1. The van der Waals surface area contributed by atoms with Crippen LogP contribution in [0.15, 0.2) is 48.5 Å². The lowest BCUT2D eigenvalue weighted by Crippen LogP contribution is -2.44. The normalized spacial score (nSPS) is 13.9. The van der Waals surface area contributed by atoms with Crippen LogP contribution < -0.4 is 10.6 Å². The van der Waals surface area contributed by atoms with E-state index in [0.717, 1.165) is 28.7 Å². The van der Waals surface area contributed by atoms with Crippen molar-refractivity contribution in [2.75, 3.05) is 20.3 Å². The molecule has 3 rings (SSSR count). The van der Waals surface area contributed by atoms with Crippen LogP contribution in [-0.2, 0) is 19.1 Å². The first-order valence-corrected chi connectivity index (χ1v) is 11.6. The molecule has 2 atom stereocenters. The fourth-order valence-electron chi connectivity index (χ4n) is 4.39. The van der Waals surface area contributed by atoms with Gasteiger partial charge in [-0.3, -0.25) is 9.59 Å². The number of carbonyl (C=O) groups is 3. The Bertz CT molecular complexity index is 963. The Morgan fingerprint density at radius 3 is 2.18 bits per heavy atom. The molecule has 0 saturated carbocycles. The monoisotopic (exact) mass is 468 g/mol. The Labute approximate surface area is 199 Å². The molecule has 0 spiro atoms. The first-order chi connectivity index (χ1) is 16.4. The van der Waals surface area contributed by atoms with Gasteiger partial charge in [-0.15, -0.1) is 0 Å². The molecule has 0 radical (unpaired) electrons. The molecule has 182 valence electrons. The van der Waals surface area contributed by atoms with E-state index in [1.54, 1.807) is 0 Å². The summed E-state index contributed by atoms with van der Waals surface area (Å²) < 4.78 is 10.7. The summed E-state index contributed by atoms with van der Waals surface area (Å²) >= 11 is 0. The van der Waals surface area contributed by atoms with E-state index < -0.39 is 30.1 Å². The summed E-state index contributed by atoms with van der Waals surface area (Å²) in [6.45, 7) is 2.31. The zero-order valence-electron chi connectivity index (χ0n) is 19.6. The van der Waals surface area contributed by atoms with E-state index in [1.807, 2.05) is 31.2 Å². The maximum absolute atomic E-state index is 12.5. The quantitative estimate of drug-likeness (QED) is 0.438. The van der Waals surface area contributed by atoms with E-state index in [9.17, 15) is 14.4 Å². The lowest BCUT2D eigenvalue weighted by molar-refractivity contribution is -0.138. The third kappa shape index (κ3) is 6.35. The van der Waals surface area contributed by atoms with Crippen molar-refractivity contribution in [3.63, 3.8) is 0 Å². The summed E-state index contributed by atoms with van der Waals surface area (Å²) in [6, 6.07) is 15.8. The van der Waals surface area contributed by atoms with Crippen molar-refractivity contribution in [2.45, 2.75) is 50.7 Å². The van der Waals surface area contributed by atoms with Gasteiger partial charge in [0.15, 0.2) is 0 Å². The Morgan fingerprint density at radius 1 is 1.00 bits per heavy atom. The number of carboxylic acid groups (broad SMARTS) is 1. The molecule has 0 bridgehead atoms. The Morgan fingerprint density at radius 2 is 1.62 bits per heavy atom. The first kappa shape index (κ1) is 25.2. The largest absolute Gasteiger partial charge is 0.481 e. The average Bonchev–Trinajstić information content (AvgIpc) is 3.14. The van der Waals surface area contributed by atoms with Gasteiger partial charge in [0.2, 0.25) is 5.91 Å². The molecule has 0 fully saturated rings. The number of aliphatic carboxylic acids is 1. The van der Waals surface area contributed by atoms with Crippen LogP contribution in [-0.4, -0.2) is 55.5 Å². The molecule has 3 N–H and O–H groups in total. The van der Waals surface area contributed by atoms with Crippen LogP contribution >= 0.6 is 0 Å². The van der Waals surface area contributed by atoms with Gasteiger partial charge in [-0.25, -0.2) is 4.79 Å². The summed E-state index contributed by atoms with van der Waals surface area (Å²) in [7, 11) is 1.41. The molecule has 8 heteroatoms. The first-order valence-electron chi connectivity index (χ1n) is 11.6. The highest BCUT2D eigenvalue weighted by molar-refractivity contribution is 5.82. The van der Waals surface area contributed by atoms with E-state index in [1.165, 1.54) is 7.11 Å². The van der Waals surface area contributed by atoms with Crippen LogP contribution in [0.25, 0.3) is 11.1 Å². The molecule has 0 aliphatic heterocycles. The van der Waals surface area contributed by atoms with Crippen molar-refractivity contribution >= 4 is 18.0 Å². The summed E-state index contributed by atoms with van der Waals surface area (Å²) in [4.78, 5) is 35.8. The Hall–Kier alpha value is -3.39. The summed E-state index contributed by atoms with van der Waals surface area (Å²) in [5.41, 5.74) is 4.59. The third-order valence-electron chi connectivity index (χ3n) is 6.00. The van der Waals surface area contributed by atoms with Crippen molar-refractivity contribution < 1.29 is 29.0 Å². The molecule has 1 aliphatic rings. The number of methoxy groups -OCH3 is 1. The number of hydrogen-bond acceptors (Lipinski definition) is 5. The molecular formula is C26H32N2O6. The second-order valence-corrected chi connectivity index (χ2v) is 8.36. The number of fused-ring (bicyclic) bond motifs is 3. The minimum Gasteiger partial charge on any atom is -0.481 e. The minimum absolute atomic E-state index is 0.0274. The number of ether oxygens (including phenoxy) is 2. The van der Waals surface area contributed by atoms with Crippen LogP contribution in [0.4, 0.5) is 4.79 Å². The highest BCUT2D eigenvalue weighted by Crippen LogP contribution is 2.44. The lowest BCUT2D eigenvalue weighted by atomic mass is 9.98. The van der Waals surface area contributed by atoms with Crippen molar-refractivity contribution in [2.24, 2.45) is 0 Å². The molecule has 2 amide bonds. The van der Waals surface area contributed by atoms with Gasteiger partial charge < -0.3 is 25.2 Å². The predicted octanol–water partition coefficient (Wildman–Crippen LogP) is 3.69. The predicted molar refractivity (Wildman–Crippen MR) is 128 cm³/mol. The van der Waals surface area contributed by atoms with Crippen LogP contribution in [0, 0.1) is 0 Å². The number of benzene rings is 2. The molecular weight excluding hydrogens is 436 g/mol. The molecule has 0 heterocycles. The SMILES string of the molecule is CCC[C@H](CC(=O)O)NC(=O)C(CCNC(=O)OCC1c2ccccc2-c2ccccc21)OC. The topological polar surface area (TPSA) is 114 Å². The zero-order chi connectivity index (χ0) is 24.5. The van der Waals surface area contributed by atoms with Gasteiger partial charge in [0, 0.05) is 32.0 Å². The molecule has 1 unspecified atom stereocenters. The van der Waals surface area contributed by atoms with E-state index in [2.05, 4.69) is 34.9 Å². The molecule has 0 aromatic heterocycles. The fraction of sp³-hybridized carbons (Fsp3) is 0.423. The van der Waals surface area contributed by atoms with Crippen molar-refractivity contribution in [1.82, 2.24) is 10.6 Å². The van der Waals surface area contributed by atoms with E-state index in [-0.39, 0.29) is 31.9 Å². The molecule has 1 aliphatic carbocycles. The van der Waals surface area contributed by atoms with Crippen molar-refractivity contribution in [3.8, 4) is 11.1 Å². The van der Waals surface area contributed by atoms with Crippen LogP contribution in [0.3, 0.4) is 0 Å². The number of nitrogens with one attached hydrogen (secondary N) is 2. The number of hydrogen-bond donors (Lipinski definition) is 3. The number of carboxylic acids is 1. The Balaban J connectivity index is 1.48. The average molecular weight is 469 g/mol. The van der Waals surface area contributed by atoms with E-state index >= 15 is 0 Å². The molecule has 2 aromatic rings. The smallest absolute Gasteiger partial charge is 0.407 e. The summed E-state index contributed by atoms with van der Waals surface area (Å²) in [6.07, 6.45) is 0.0342. The number of alkyl carbamates (subject to hydrolysis) is 1. The van der Waals surface area contributed by atoms with Gasteiger partial charge >= 0.3 is 12.1 Å². The van der Waals surface area contributed by atoms with E-state index in [4.69, 9.17) is 14.6 Å². The molecule has 2 aromatic carbocycles. The molecule has 0 saturated heterocycles. The highest BCUT2D eigenvalue weighted by atomic mass is 16.5. The van der Waals surface area contributed by atoms with Gasteiger partial charge in [-0.2, -0.15) is 0 Å². The van der Waals surface area contributed by atoms with Gasteiger partial charge in [0.25, 0.3) is 0 Å². The van der Waals surface area contributed by atoms with Gasteiger partial charge in [0.05, 0.1) is 6.42 Å². The van der Waals surface area contributed by atoms with Crippen LogP contribution in [0.5, 0.6) is 0 Å². The van der Waals surface area contributed by atoms with Crippen molar-refractivity contribution in [1.29, 1.82) is 0 Å². The maximum Gasteiger partial charge on any atom is 0.407 e. The lowest BCUT2D eigenvalue weighted by Gasteiger charge is -2.21. The summed E-state index contributed by atoms with van der Waals surface area (Å²) in [5, 5.41) is 14.4. The fourth-order valence-corrected chi connectivity index (χ4v) is 4.39. The zero-order valence-corrected chi connectivity index (χ0v) is 19.6. The number of rotatable bonds is 12. The van der Waals surface area contributed by atoms with Crippen LogP contribution in [0.1, 0.15) is 49.7 Å². The Kier molecular flexibility index (Phi) is 9.04. The van der Waals surface area contributed by atoms with E-state index in [0.29, 0.717) is 6.42 Å². The molecule has 8 nitrogen and oxygen atoms in total. The molecule has 34 heavy (non-hydrogen) atoms. The number of carbonyl (C=O) groups excluding carboxylic acids is 2. The van der Waals surface area contributed by atoms with Gasteiger partial charge in [0.1, 0.15) is 12.7 Å².